The molecule has 2 aromatic rings. The van der Waals surface area contributed by atoms with Crippen LogP contribution in [-0.4, -0.2) is 20.3 Å². The van der Waals surface area contributed by atoms with Gasteiger partial charge in [0.2, 0.25) is 0 Å². The van der Waals surface area contributed by atoms with Crippen LogP contribution in [0.15, 0.2) is 48.5 Å². The molecule has 0 heterocycles. The van der Waals surface area contributed by atoms with Crippen molar-refractivity contribution in [2.24, 2.45) is 0 Å². The molecule has 0 aliphatic heterocycles. The largest absolute Gasteiger partial charge is 0.493 e. The lowest BCUT2D eigenvalue weighted by molar-refractivity contribution is 0.211. The quantitative estimate of drug-likeness (QED) is 0.572. The van der Waals surface area contributed by atoms with E-state index in [1.807, 2.05) is 48.5 Å². The molecule has 0 unspecified atom stereocenters. The molecule has 0 atom stereocenters. The fraction of sp³-hybridized carbons (Fsp3) is 0.250. The minimum atomic E-state index is 0.441. The molecule has 20 heavy (non-hydrogen) atoms. The average molecular weight is 293 g/mol. The number of methoxy groups -OCH3 is 1. The zero-order valence-corrected chi connectivity index (χ0v) is 12.1. The molecule has 0 N–H and O–H groups in total. The molecular weight excluding hydrogens is 276 g/mol. The third kappa shape index (κ3) is 4.07. The Balaban J connectivity index is 1.87. The molecular formula is C16H17ClO3. The summed E-state index contributed by atoms with van der Waals surface area (Å²) in [6.45, 7) is 0.912. The number of hydrogen-bond acceptors (Lipinski definition) is 3. The Labute approximate surface area is 124 Å². The minimum Gasteiger partial charge on any atom is -0.493 e. The summed E-state index contributed by atoms with van der Waals surface area (Å²) < 4.78 is 16.5. The Morgan fingerprint density at radius 2 is 1.65 bits per heavy atom. The van der Waals surface area contributed by atoms with Crippen molar-refractivity contribution in [3.8, 4) is 17.2 Å². The van der Waals surface area contributed by atoms with Crippen LogP contribution >= 0.6 is 11.6 Å². The highest BCUT2D eigenvalue weighted by atomic mass is 35.5. The van der Waals surface area contributed by atoms with Crippen LogP contribution in [0.2, 0.25) is 0 Å². The summed E-state index contributed by atoms with van der Waals surface area (Å²) >= 11 is 5.81. The van der Waals surface area contributed by atoms with Gasteiger partial charge in [-0.1, -0.05) is 24.3 Å². The first-order valence-corrected chi connectivity index (χ1v) is 6.90. The van der Waals surface area contributed by atoms with E-state index in [1.54, 1.807) is 7.11 Å². The third-order valence-electron chi connectivity index (χ3n) is 2.74. The van der Waals surface area contributed by atoms with Crippen molar-refractivity contribution in [3.63, 3.8) is 0 Å². The highest BCUT2D eigenvalue weighted by Crippen LogP contribution is 2.28. The summed E-state index contributed by atoms with van der Waals surface area (Å²) in [5.74, 6) is 2.65. The van der Waals surface area contributed by atoms with Gasteiger partial charge in [-0.2, -0.15) is 0 Å². The van der Waals surface area contributed by atoms with Gasteiger partial charge in [0.25, 0.3) is 0 Å². The molecule has 0 saturated heterocycles. The van der Waals surface area contributed by atoms with Crippen molar-refractivity contribution in [1.82, 2.24) is 0 Å². The first-order valence-electron chi connectivity index (χ1n) is 6.37. The number of benzene rings is 2. The standard InChI is InChI=1S/C16H17ClO3/c1-18-15-8-7-13(12-17)11-16(15)20-10-9-19-14-5-3-2-4-6-14/h2-8,11H,9-10,12H2,1H3. The highest BCUT2D eigenvalue weighted by Gasteiger charge is 2.05. The van der Waals surface area contributed by atoms with Gasteiger partial charge < -0.3 is 14.2 Å². The van der Waals surface area contributed by atoms with Gasteiger partial charge in [-0.3, -0.25) is 0 Å². The summed E-state index contributed by atoms with van der Waals surface area (Å²) in [7, 11) is 1.61. The lowest BCUT2D eigenvalue weighted by Crippen LogP contribution is -2.09. The second kappa shape index (κ2) is 7.65. The van der Waals surface area contributed by atoms with Crippen molar-refractivity contribution in [3.05, 3.63) is 54.1 Å². The van der Waals surface area contributed by atoms with Gasteiger partial charge in [0.05, 0.1) is 7.11 Å². The highest BCUT2D eigenvalue weighted by molar-refractivity contribution is 6.17. The maximum Gasteiger partial charge on any atom is 0.161 e. The first kappa shape index (κ1) is 14.5. The van der Waals surface area contributed by atoms with Crippen LogP contribution in [0.5, 0.6) is 17.2 Å². The Hall–Kier alpha value is -1.87. The van der Waals surface area contributed by atoms with E-state index in [2.05, 4.69) is 0 Å². The van der Waals surface area contributed by atoms with Crippen LogP contribution in [-0.2, 0) is 5.88 Å². The van der Waals surface area contributed by atoms with Gasteiger partial charge in [-0.05, 0) is 29.8 Å². The molecule has 0 fully saturated rings. The van der Waals surface area contributed by atoms with E-state index in [0.717, 1.165) is 11.3 Å². The lowest BCUT2D eigenvalue weighted by Gasteiger charge is -2.12. The van der Waals surface area contributed by atoms with Crippen molar-refractivity contribution in [2.75, 3.05) is 20.3 Å². The van der Waals surface area contributed by atoms with E-state index in [4.69, 9.17) is 25.8 Å². The van der Waals surface area contributed by atoms with Crippen LogP contribution in [0, 0.1) is 0 Å². The summed E-state index contributed by atoms with van der Waals surface area (Å²) in [4.78, 5) is 0. The Kier molecular flexibility index (Phi) is 5.56. The molecule has 0 aromatic heterocycles. The van der Waals surface area contributed by atoms with E-state index in [9.17, 15) is 0 Å². The van der Waals surface area contributed by atoms with Crippen LogP contribution in [0.4, 0.5) is 0 Å². The maximum atomic E-state index is 5.81. The summed E-state index contributed by atoms with van der Waals surface area (Å²) in [6.07, 6.45) is 0. The van der Waals surface area contributed by atoms with E-state index < -0.39 is 0 Å². The number of para-hydroxylation sites is 1. The number of halogens is 1. The maximum absolute atomic E-state index is 5.81. The summed E-state index contributed by atoms with van der Waals surface area (Å²) in [5.41, 5.74) is 0.992. The van der Waals surface area contributed by atoms with Gasteiger partial charge in [-0.15, -0.1) is 11.6 Å². The fourth-order valence-electron chi connectivity index (χ4n) is 1.74. The number of alkyl halides is 1. The van der Waals surface area contributed by atoms with Gasteiger partial charge in [0, 0.05) is 5.88 Å². The predicted molar refractivity (Wildman–Crippen MR) is 80.0 cm³/mol. The number of rotatable bonds is 7. The molecule has 106 valence electrons. The van der Waals surface area contributed by atoms with E-state index in [-0.39, 0.29) is 0 Å². The van der Waals surface area contributed by atoms with Crippen LogP contribution in [0.3, 0.4) is 0 Å². The van der Waals surface area contributed by atoms with E-state index in [0.29, 0.717) is 30.6 Å². The summed E-state index contributed by atoms with van der Waals surface area (Å²) in [5, 5.41) is 0. The minimum absolute atomic E-state index is 0.441. The van der Waals surface area contributed by atoms with E-state index >= 15 is 0 Å². The molecule has 0 saturated carbocycles. The smallest absolute Gasteiger partial charge is 0.161 e. The Morgan fingerprint density at radius 1 is 0.900 bits per heavy atom. The molecule has 0 aliphatic rings. The van der Waals surface area contributed by atoms with Gasteiger partial charge >= 0.3 is 0 Å². The Bertz CT molecular complexity index is 529. The molecule has 4 heteroatoms. The normalized spacial score (nSPS) is 10.1. The summed E-state index contributed by atoms with van der Waals surface area (Å²) in [6, 6.07) is 15.3. The van der Waals surface area contributed by atoms with Gasteiger partial charge in [-0.25, -0.2) is 0 Å². The average Bonchev–Trinajstić information content (AvgIpc) is 2.52. The van der Waals surface area contributed by atoms with Crippen molar-refractivity contribution in [1.29, 1.82) is 0 Å². The SMILES string of the molecule is COc1ccc(CCl)cc1OCCOc1ccccc1. The van der Waals surface area contributed by atoms with Crippen molar-refractivity contribution < 1.29 is 14.2 Å². The second-order valence-corrected chi connectivity index (χ2v) is 4.40. The second-order valence-electron chi connectivity index (χ2n) is 4.13. The van der Waals surface area contributed by atoms with Crippen LogP contribution in [0.25, 0.3) is 0 Å². The molecule has 0 amide bonds. The molecule has 0 radical (unpaired) electrons. The zero-order chi connectivity index (χ0) is 14.2. The molecule has 0 spiro atoms. The van der Waals surface area contributed by atoms with Gasteiger partial charge in [0.1, 0.15) is 19.0 Å². The molecule has 0 bridgehead atoms. The molecule has 2 rings (SSSR count). The number of ether oxygens (including phenoxy) is 3. The van der Waals surface area contributed by atoms with Crippen molar-refractivity contribution in [2.45, 2.75) is 5.88 Å². The molecule has 0 aliphatic carbocycles. The van der Waals surface area contributed by atoms with Gasteiger partial charge in [0.15, 0.2) is 11.5 Å². The zero-order valence-electron chi connectivity index (χ0n) is 11.3. The van der Waals surface area contributed by atoms with Crippen molar-refractivity contribution >= 4 is 11.6 Å². The number of hydrogen-bond donors (Lipinski definition) is 0. The molecule has 3 nitrogen and oxygen atoms in total. The first-order chi connectivity index (χ1) is 9.83. The monoisotopic (exact) mass is 292 g/mol. The van der Waals surface area contributed by atoms with Crippen LogP contribution in [0.1, 0.15) is 5.56 Å². The molecule has 2 aromatic carbocycles. The topological polar surface area (TPSA) is 27.7 Å². The Morgan fingerprint density at radius 3 is 2.35 bits per heavy atom. The van der Waals surface area contributed by atoms with E-state index in [1.165, 1.54) is 0 Å². The third-order valence-corrected chi connectivity index (χ3v) is 3.04. The fourth-order valence-corrected chi connectivity index (χ4v) is 1.91. The lowest BCUT2D eigenvalue weighted by atomic mass is 10.2. The predicted octanol–water partition coefficient (Wildman–Crippen LogP) is 3.89. The van der Waals surface area contributed by atoms with Crippen LogP contribution < -0.4 is 14.2 Å².